The Morgan fingerprint density at radius 3 is 2.26 bits per heavy atom. The van der Waals surface area contributed by atoms with E-state index in [2.05, 4.69) is 5.73 Å². The van der Waals surface area contributed by atoms with Gasteiger partial charge in [0.2, 0.25) is 0 Å². The number of furan rings is 1. The molecule has 5 heteroatoms. The van der Waals surface area contributed by atoms with Gasteiger partial charge in [0, 0.05) is 12.8 Å². The van der Waals surface area contributed by atoms with Crippen LogP contribution >= 0.6 is 0 Å². The Morgan fingerprint density at radius 1 is 1.04 bits per heavy atom. The molecule has 0 amide bonds. The second kappa shape index (κ2) is 10.2. The molecule has 1 aromatic carbocycles. The molecule has 0 aliphatic carbocycles. The van der Waals surface area contributed by atoms with Gasteiger partial charge < -0.3 is 13.9 Å². The number of allylic oxidation sites excluding steroid dienone is 1. The second-order valence-corrected chi connectivity index (χ2v) is 5.91. The van der Waals surface area contributed by atoms with E-state index in [0.29, 0.717) is 5.76 Å². The molecule has 5 nitrogen and oxygen atoms in total. The SMILES string of the molecule is CCOC(=O)C(CC=C=Cc1ccccc1)(Cc1ccco1)C(=O)OCC. The fourth-order valence-corrected chi connectivity index (χ4v) is 2.65. The van der Waals surface area contributed by atoms with Crippen molar-refractivity contribution in [2.75, 3.05) is 13.2 Å². The molecular formula is C22H24O5. The third-order valence-electron chi connectivity index (χ3n) is 4.01. The van der Waals surface area contributed by atoms with E-state index in [0.717, 1.165) is 5.56 Å². The van der Waals surface area contributed by atoms with Crippen molar-refractivity contribution in [1.82, 2.24) is 0 Å². The third-order valence-corrected chi connectivity index (χ3v) is 4.01. The Hall–Kier alpha value is -3.04. The quantitative estimate of drug-likeness (QED) is 0.377. The fourth-order valence-electron chi connectivity index (χ4n) is 2.65. The van der Waals surface area contributed by atoms with Crippen molar-refractivity contribution in [2.45, 2.75) is 26.7 Å². The molecule has 0 radical (unpaired) electrons. The van der Waals surface area contributed by atoms with Crippen molar-refractivity contribution in [3.05, 3.63) is 71.9 Å². The van der Waals surface area contributed by atoms with Crippen molar-refractivity contribution >= 4 is 18.0 Å². The summed E-state index contributed by atoms with van der Waals surface area (Å²) in [6, 6.07) is 13.1. The number of benzene rings is 1. The van der Waals surface area contributed by atoms with Crippen LogP contribution in [0.5, 0.6) is 0 Å². The second-order valence-electron chi connectivity index (χ2n) is 5.91. The molecule has 0 aliphatic rings. The van der Waals surface area contributed by atoms with Gasteiger partial charge in [-0.2, -0.15) is 0 Å². The molecule has 0 saturated carbocycles. The van der Waals surface area contributed by atoms with Gasteiger partial charge in [0.1, 0.15) is 5.76 Å². The summed E-state index contributed by atoms with van der Waals surface area (Å²) in [6.45, 7) is 3.74. The summed E-state index contributed by atoms with van der Waals surface area (Å²) >= 11 is 0. The lowest BCUT2D eigenvalue weighted by atomic mass is 9.80. The van der Waals surface area contributed by atoms with Gasteiger partial charge in [-0.25, -0.2) is 0 Å². The highest BCUT2D eigenvalue weighted by Gasteiger charge is 2.48. The monoisotopic (exact) mass is 368 g/mol. The molecule has 0 spiro atoms. The van der Waals surface area contributed by atoms with Crippen molar-refractivity contribution in [3.63, 3.8) is 0 Å². The van der Waals surface area contributed by atoms with Gasteiger partial charge in [0.15, 0.2) is 5.41 Å². The van der Waals surface area contributed by atoms with Crippen molar-refractivity contribution < 1.29 is 23.5 Å². The molecule has 0 unspecified atom stereocenters. The van der Waals surface area contributed by atoms with Crippen LogP contribution in [0, 0.1) is 5.41 Å². The average molecular weight is 368 g/mol. The predicted octanol–water partition coefficient (Wildman–Crippen LogP) is 4.19. The number of carbonyl (C=O) groups is 2. The molecule has 27 heavy (non-hydrogen) atoms. The first-order chi connectivity index (χ1) is 13.1. The molecule has 0 N–H and O–H groups in total. The zero-order chi connectivity index (χ0) is 19.5. The Balaban J connectivity index is 2.34. The van der Waals surface area contributed by atoms with Gasteiger partial charge in [-0.3, -0.25) is 9.59 Å². The van der Waals surface area contributed by atoms with Gasteiger partial charge in [0.05, 0.1) is 19.5 Å². The molecule has 1 heterocycles. The molecule has 2 rings (SSSR count). The van der Waals surface area contributed by atoms with Gasteiger partial charge >= 0.3 is 11.9 Å². The van der Waals surface area contributed by atoms with Crippen LogP contribution in [0.3, 0.4) is 0 Å². The van der Waals surface area contributed by atoms with E-state index in [4.69, 9.17) is 13.9 Å². The molecular weight excluding hydrogens is 344 g/mol. The zero-order valence-corrected chi connectivity index (χ0v) is 15.6. The highest BCUT2D eigenvalue weighted by Crippen LogP contribution is 2.32. The number of hydrogen-bond acceptors (Lipinski definition) is 5. The summed E-state index contributed by atoms with van der Waals surface area (Å²) in [5.41, 5.74) is 2.49. The van der Waals surface area contributed by atoms with Gasteiger partial charge in [-0.1, -0.05) is 30.3 Å². The lowest BCUT2D eigenvalue weighted by Gasteiger charge is -2.27. The summed E-state index contributed by atoms with van der Waals surface area (Å²) in [4.78, 5) is 25.5. The lowest BCUT2D eigenvalue weighted by molar-refractivity contribution is -0.172. The molecule has 1 aromatic heterocycles. The maximum absolute atomic E-state index is 12.7. The van der Waals surface area contributed by atoms with Crippen LogP contribution in [0.15, 0.2) is 65.0 Å². The number of ether oxygens (including phenoxy) is 2. The minimum absolute atomic E-state index is 0.0567. The summed E-state index contributed by atoms with van der Waals surface area (Å²) in [7, 11) is 0. The standard InChI is InChI=1S/C22H24O5/c1-3-25-20(23)22(21(24)26-4-2,17-19-14-10-16-27-19)15-9-8-13-18-11-6-5-7-12-18/h5-7,9-14,16H,3-4,15,17H2,1-2H3. The van der Waals surface area contributed by atoms with E-state index in [1.807, 2.05) is 30.3 Å². The Kier molecular flexibility index (Phi) is 7.65. The van der Waals surface area contributed by atoms with Crippen LogP contribution in [0.1, 0.15) is 31.6 Å². The summed E-state index contributed by atoms with van der Waals surface area (Å²) in [5, 5.41) is 0. The Morgan fingerprint density at radius 2 is 1.70 bits per heavy atom. The molecule has 0 aliphatic heterocycles. The highest BCUT2D eigenvalue weighted by molar-refractivity contribution is 6.00. The normalized spacial score (nSPS) is 10.6. The van der Waals surface area contributed by atoms with Crippen LogP contribution in [0.25, 0.3) is 6.08 Å². The van der Waals surface area contributed by atoms with Crippen LogP contribution in [0.4, 0.5) is 0 Å². The van der Waals surface area contributed by atoms with E-state index in [-0.39, 0.29) is 26.1 Å². The molecule has 0 bridgehead atoms. The van der Waals surface area contributed by atoms with E-state index in [9.17, 15) is 9.59 Å². The maximum Gasteiger partial charge on any atom is 0.324 e. The van der Waals surface area contributed by atoms with Crippen molar-refractivity contribution in [3.8, 4) is 0 Å². The largest absolute Gasteiger partial charge is 0.469 e. The first kappa shape index (κ1) is 20.3. The number of esters is 2. The smallest absolute Gasteiger partial charge is 0.324 e. The van der Waals surface area contributed by atoms with Crippen LogP contribution in [0.2, 0.25) is 0 Å². The molecule has 2 aromatic rings. The van der Waals surface area contributed by atoms with Gasteiger partial charge in [0.25, 0.3) is 0 Å². The Bertz CT molecular complexity index is 765. The summed E-state index contributed by atoms with van der Waals surface area (Å²) in [6.07, 6.45) is 5.09. The fraction of sp³-hybridized carbons (Fsp3) is 0.318. The van der Waals surface area contributed by atoms with Crippen LogP contribution in [-0.4, -0.2) is 25.2 Å². The molecule has 142 valence electrons. The minimum Gasteiger partial charge on any atom is -0.469 e. The van der Waals surface area contributed by atoms with Crippen molar-refractivity contribution in [2.24, 2.45) is 5.41 Å². The van der Waals surface area contributed by atoms with Crippen LogP contribution < -0.4 is 0 Å². The van der Waals surface area contributed by atoms with E-state index < -0.39 is 17.4 Å². The number of hydrogen-bond donors (Lipinski definition) is 0. The van der Waals surface area contributed by atoms with E-state index in [1.54, 1.807) is 38.1 Å². The Labute approximate surface area is 159 Å². The van der Waals surface area contributed by atoms with Gasteiger partial charge in [-0.05, 0) is 43.7 Å². The van der Waals surface area contributed by atoms with Gasteiger partial charge in [-0.15, -0.1) is 5.73 Å². The topological polar surface area (TPSA) is 65.7 Å². The first-order valence-corrected chi connectivity index (χ1v) is 8.95. The maximum atomic E-state index is 12.7. The number of carbonyl (C=O) groups excluding carboxylic acids is 2. The zero-order valence-electron chi connectivity index (χ0n) is 15.6. The lowest BCUT2D eigenvalue weighted by Crippen LogP contribution is -2.43. The number of rotatable bonds is 9. The molecule has 0 fully saturated rings. The summed E-state index contributed by atoms with van der Waals surface area (Å²) in [5.74, 6) is -0.744. The highest BCUT2D eigenvalue weighted by atomic mass is 16.6. The van der Waals surface area contributed by atoms with E-state index in [1.165, 1.54) is 6.26 Å². The van der Waals surface area contributed by atoms with Crippen molar-refractivity contribution in [1.29, 1.82) is 0 Å². The predicted molar refractivity (Wildman–Crippen MR) is 102 cm³/mol. The molecule has 0 atom stereocenters. The first-order valence-electron chi connectivity index (χ1n) is 8.95. The average Bonchev–Trinajstić information content (AvgIpc) is 3.18. The van der Waals surface area contributed by atoms with Crippen LogP contribution in [-0.2, 0) is 25.5 Å². The van der Waals surface area contributed by atoms with E-state index >= 15 is 0 Å². The molecule has 0 saturated heterocycles. The summed E-state index contributed by atoms with van der Waals surface area (Å²) < 4.78 is 15.8. The third kappa shape index (κ3) is 5.47. The minimum atomic E-state index is -1.51.